The molecule has 1 aliphatic rings. The van der Waals surface area contributed by atoms with E-state index in [-0.39, 0.29) is 5.82 Å². The van der Waals surface area contributed by atoms with Crippen molar-refractivity contribution in [3.63, 3.8) is 0 Å². The SMILES string of the molecule is CCNC(Cc1cc(Cl)ccc1F)C1CCCCS1. The molecule has 4 heteroatoms. The second kappa shape index (κ2) is 7.51. The van der Waals surface area contributed by atoms with E-state index in [1.807, 2.05) is 11.8 Å². The number of likely N-dealkylation sites (N-methyl/N-ethyl adjacent to an activating group) is 1. The number of thioether (sulfide) groups is 1. The summed E-state index contributed by atoms with van der Waals surface area (Å²) >= 11 is 7.99. The maximum Gasteiger partial charge on any atom is 0.126 e. The zero-order valence-corrected chi connectivity index (χ0v) is 12.9. The van der Waals surface area contributed by atoms with Gasteiger partial charge >= 0.3 is 0 Å². The lowest BCUT2D eigenvalue weighted by Gasteiger charge is -2.30. The number of benzene rings is 1. The Bertz CT molecular complexity index is 407. The lowest BCUT2D eigenvalue weighted by Crippen LogP contribution is -2.41. The van der Waals surface area contributed by atoms with E-state index in [1.165, 1.54) is 31.1 Å². The van der Waals surface area contributed by atoms with E-state index in [9.17, 15) is 4.39 Å². The summed E-state index contributed by atoms with van der Waals surface area (Å²) in [4.78, 5) is 0. The van der Waals surface area contributed by atoms with Crippen LogP contribution in [0.5, 0.6) is 0 Å². The fourth-order valence-electron chi connectivity index (χ4n) is 2.62. The number of halogens is 2. The third-order valence-corrected chi connectivity index (χ3v) is 5.33. The molecule has 1 aromatic rings. The Kier molecular flexibility index (Phi) is 5.99. The molecule has 0 radical (unpaired) electrons. The Labute approximate surface area is 124 Å². The minimum absolute atomic E-state index is 0.145. The van der Waals surface area contributed by atoms with E-state index in [0.717, 1.165) is 18.5 Å². The Morgan fingerprint density at radius 1 is 1.47 bits per heavy atom. The van der Waals surface area contributed by atoms with E-state index in [0.29, 0.717) is 16.3 Å². The molecule has 0 spiro atoms. The molecule has 0 bridgehead atoms. The molecule has 2 atom stereocenters. The lowest BCUT2D eigenvalue weighted by atomic mass is 9.99. The van der Waals surface area contributed by atoms with Crippen LogP contribution in [-0.2, 0) is 6.42 Å². The summed E-state index contributed by atoms with van der Waals surface area (Å²) < 4.78 is 13.8. The monoisotopic (exact) mass is 301 g/mol. The molecule has 19 heavy (non-hydrogen) atoms. The van der Waals surface area contributed by atoms with Gasteiger partial charge in [-0.3, -0.25) is 0 Å². The van der Waals surface area contributed by atoms with Crippen molar-refractivity contribution in [2.45, 2.75) is 43.9 Å². The van der Waals surface area contributed by atoms with E-state index in [2.05, 4.69) is 12.2 Å². The zero-order chi connectivity index (χ0) is 13.7. The van der Waals surface area contributed by atoms with Crippen LogP contribution >= 0.6 is 23.4 Å². The van der Waals surface area contributed by atoms with Gasteiger partial charge in [-0.05, 0) is 55.3 Å². The Hall–Kier alpha value is -0.250. The molecule has 0 saturated carbocycles. The van der Waals surface area contributed by atoms with Gasteiger partial charge in [0.15, 0.2) is 0 Å². The predicted octanol–water partition coefficient (Wildman–Crippen LogP) is 4.29. The summed E-state index contributed by atoms with van der Waals surface area (Å²) in [5.41, 5.74) is 0.727. The van der Waals surface area contributed by atoms with Crippen LogP contribution in [0.2, 0.25) is 5.02 Å². The summed E-state index contributed by atoms with van der Waals surface area (Å²) in [7, 11) is 0. The van der Waals surface area contributed by atoms with E-state index in [4.69, 9.17) is 11.6 Å². The molecule has 0 amide bonds. The van der Waals surface area contributed by atoms with Gasteiger partial charge in [0, 0.05) is 16.3 Å². The molecule has 1 aliphatic heterocycles. The second-order valence-corrected chi connectivity index (χ2v) is 6.79. The molecule has 2 unspecified atom stereocenters. The highest BCUT2D eigenvalue weighted by Gasteiger charge is 2.24. The van der Waals surface area contributed by atoms with E-state index < -0.39 is 0 Å². The molecule has 106 valence electrons. The van der Waals surface area contributed by atoms with Gasteiger partial charge in [-0.2, -0.15) is 11.8 Å². The average molecular weight is 302 g/mol. The Balaban J connectivity index is 2.08. The van der Waals surface area contributed by atoms with E-state index >= 15 is 0 Å². The van der Waals surface area contributed by atoms with Crippen LogP contribution in [0.25, 0.3) is 0 Å². The van der Waals surface area contributed by atoms with Crippen LogP contribution in [0.15, 0.2) is 18.2 Å². The standard InChI is InChI=1S/C15H21ClFNS/c1-2-18-14(15-5-3-4-8-19-15)10-11-9-12(16)6-7-13(11)17/h6-7,9,14-15,18H,2-5,8,10H2,1H3. The topological polar surface area (TPSA) is 12.0 Å². The molecule has 1 N–H and O–H groups in total. The van der Waals surface area contributed by atoms with Gasteiger partial charge in [-0.15, -0.1) is 0 Å². The number of hydrogen-bond acceptors (Lipinski definition) is 2. The lowest BCUT2D eigenvalue weighted by molar-refractivity contribution is 0.463. The molecule has 2 rings (SSSR count). The molecule has 1 aromatic carbocycles. The maximum absolute atomic E-state index is 13.8. The highest BCUT2D eigenvalue weighted by Crippen LogP contribution is 2.29. The van der Waals surface area contributed by atoms with Gasteiger partial charge in [-0.25, -0.2) is 4.39 Å². The molecule has 1 saturated heterocycles. The molecule has 1 heterocycles. The van der Waals surface area contributed by atoms with Crippen LogP contribution in [-0.4, -0.2) is 23.6 Å². The molecular formula is C15H21ClFNS. The van der Waals surface area contributed by atoms with Crippen LogP contribution in [0.3, 0.4) is 0 Å². The minimum Gasteiger partial charge on any atom is -0.313 e. The third kappa shape index (κ3) is 4.37. The van der Waals surface area contributed by atoms with Gasteiger partial charge in [0.1, 0.15) is 5.82 Å². The van der Waals surface area contributed by atoms with Crippen LogP contribution in [0.4, 0.5) is 4.39 Å². The average Bonchev–Trinajstić information content (AvgIpc) is 2.43. The van der Waals surface area contributed by atoms with Crippen molar-refractivity contribution in [3.8, 4) is 0 Å². The molecular weight excluding hydrogens is 281 g/mol. The van der Waals surface area contributed by atoms with Crippen LogP contribution in [0.1, 0.15) is 31.7 Å². The number of nitrogens with one attached hydrogen (secondary N) is 1. The van der Waals surface area contributed by atoms with Crippen molar-refractivity contribution >= 4 is 23.4 Å². The van der Waals surface area contributed by atoms with Crippen LogP contribution in [0, 0.1) is 5.82 Å². The van der Waals surface area contributed by atoms with Gasteiger partial charge in [0.2, 0.25) is 0 Å². The van der Waals surface area contributed by atoms with Crippen molar-refractivity contribution in [3.05, 3.63) is 34.6 Å². The van der Waals surface area contributed by atoms with Crippen molar-refractivity contribution in [2.24, 2.45) is 0 Å². The maximum atomic E-state index is 13.8. The normalized spacial score (nSPS) is 21.3. The second-order valence-electron chi connectivity index (χ2n) is 5.01. The molecule has 1 fully saturated rings. The molecule has 1 nitrogen and oxygen atoms in total. The first-order chi connectivity index (χ1) is 9.20. The Morgan fingerprint density at radius 2 is 2.32 bits per heavy atom. The van der Waals surface area contributed by atoms with Gasteiger partial charge in [-0.1, -0.05) is 24.9 Å². The van der Waals surface area contributed by atoms with Crippen molar-refractivity contribution in [1.82, 2.24) is 5.32 Å². The fourth-order valence-corrected chi connectivity index (χ4v) is 4.24. The van der Waals surface area contributed by atoms with Crippen LogP contribution < -0.4 is 5.32 Å². The van der Waals surface area contributed by atoms with Gasteiger partial charge in [0.25, 0.3) is 0 Å². The predicted molar refractivity (Wildman–Crippen MR) is 82.7 cm³/mol. The van der Waals surface area contributed by atoms with Crippen molar-refractivity contribution in [2.75, 3.05) is 12.3 Å². The Morgan fingerprint density at radius 3 is 3.00 bits per heavy atom. The number of rotatable bonds is 5. The highest BCUT2D eigenvalue weighted by molar-refractivity contribution is 8.00. The largest absolute Gasteiger partial charge is 0.313 e. The number of hydrogen-bond donors (Lipinski definition) is 1. The fraction of sp³-hybridized carbons (Fsp3) is 0.600. The highest BCUT2D eigenvalue weighted by atomic mass is 35.5. The molecule has 0 aliphatic carbocycles. The van der Waals surface area contributed by atoms with Crippen molar-refractivity contribution in [1.29, 1.82) is 0 Å². The summed E-state index contributed by atoms with van der Waals surface area (Å²) in [6, 6.07) is 5.17. The summed E-state index contributed by atoms with van der Waals surface area (Å²) in [5, 5.41) is 4.72. The van der Waals surface area contributed by atoms with E-state index in [1.54, 1.807) is 12.1 Å². The first-order valence-corrected chi connectivity index (χ1v) is 8.42. The molecule has 0 aromatic heterocycles. The third-order valence-electron chi connectivity index (χ3n) is 3.58. The first-order valence-electron chi connectivity index (χ1n) is 6.99. The summed E-state index contributed by atoms with van der Waals surface area (Å²) in [6.45, 7) is 3.03. The smallest absolute Gasteiger partial charge is 0.126 e. The summed E-state index contributed by atoms with van der Waals surface area (Å²) in [6.07, 6.45) is 4.55. The van der Waals surface area contributed by atoms with Gasteiger partial charge < -0.3 is 5.32 Å². The van der Waals surface area contributed by atoms with Crippen molar-refractivity contribution < 1.29 is 4.39 Å². The van der Waals surface area contributed by atoms with Gasteiger partial charge in [0.05, 0.1) is 0 Å². The summed E-state index contributed by atoms with van der Waals surface area (Å²) in [5.74, 6) is 1.08. The zero-order valence-electron chi connectivity index (χ0n) is 11.3. The quantitative estimate of drug-likeness (QED) is 0.871. The first kappa shape index (κ1) is 15.1. The minimum atomic E-state index is -0.145.